The van der Waals surface area contributed by atoms with Crippen LogP contribution in [-0.4, -0.2) is 28.2 Å². The van der Waals surface area contributed by atoms with Crippen LogP contribution < -0.4 is 0 Å². The Morgan fingerprint density at radius 3 is 2.62 bits per heavy atom. The zero-order chi connectivity index (χ0) is 10.0. The molecule has 0 radical (unpaired) electrons. The fourth-order valence-corrected chi connectivity index (χ4v) is 1.66. The van der Waals surface area contributed by atoms with Gasteiger partial charge in [-0.1, -0.05) is 19.1 Å². The molecule has 2 N–H and O–H groups in total. The predicted molar refractivity (Wildman–Crippen MR) is 49.1 cm³/mol. The summed E-state index contributed by atoms with van der Waals surface area (Å²) in [6.45, 7) is 3.46. The van der Waals surface area contributed by atoms with Crippen molar-refractivity contribution in [3.8, 4) is 0 Å². The molecule has 0 heterocycles. The summed E-state index contributed by atoms with van der Waals surface area (Å²) in [4.78, 5) is 11.2. The topological polar surface area (TPSA) is 57.5 Å². The molecular weight excluding hydrogens is 168 g/mol. The van der Waals surface area contributed by atoms with E-state index in [2.05, 4.69) is 0 Å². The normalized spacial score (nSPS) is 37.2. The van der Waals surface area contributed by atoms with Gasteiger partial charge in [0, 0.05) is 18.3 Å². The summed E-state index contributed by atoms with van der Waals surface area (Å²) in [7, 11) is 0. The van der Waals surface area contributed by atoms with Gasteiger partial charge in [-0.05, 0) is 6.92 Å². The number of hydrogen-bond donors (Lipinski definition) is 2. The molecule has 0 aromatic carbocycles. The van der Waals surface area contributed by atoms with E-state index in [-0.39, 0.29) is 24.0 Å². The molecule has 3 nitrogen and oxygen atoms in total. The summed E-state index contributed by atoms with van der Waals surface area (Å²) in [5.41, 5.74) is 0. The van der Waals surface area contributed by atoms with Crippen molar-refractivity contribution in [2.45, 2.75) is 32.5 Å². The molecule has 0 aliphatic heterocycles. The molecule has 1 fully saturated rings. The van der Waals surface area contributed by atoms with Crippen molar-refractivity contribution in [1.29, 1.82) is 0 Å². The van der Waals surface area contributed by atoms with Gasteiger partial charge in [-0.25, -0.2) is 0 Å². The Morgan fingerprint density at radius 2 is 2.23 bits per heavy atom. The first kappa shape index (κ1) is 10.4. The Morgan fingerprint density at radius 1 is 1.62 bits per heavy atom. The van der Waals surface area contributed by atoms with Crippen LogP contribution in [-0.2, 0) is 4.79 Å². The summed E-state index contributed by atoms with van der Waals surface area (Å²) in [6, 6.07) is 0. The highest BCUT2D eigenvalue weighted by atomic mass is 16.3. The zero-order valence-corrected chi connectivity index (χ0v) is 7.97. The second-order valence-electron chi connectivity index (χ2n) is 3.73. The van der Waals surface area contributed by atoms with Crippen molar-refractivity contribution in [1.82, 2.24) is 0 Å². The Bertz CT molecular complexity index is 220. The molecule has 4 atom stereocenters. The lowest BCUT2D eigenvalue weighted by atomic mass is 9.95. The Hall–Kier alpha value is -0.670. The van der Waals surface area contributed by atoms with E-state index in [1.54, 1.807) is 19.1 Å². The van der Waals surface area contributed by atoms with Crippen LogP contribution in [0.15, 0.2) is 12.2 Å². The average Bonchev–Trinajstić information content (AvgIpc) is 2.24. The van der Waals surface area contributed by atoms with Gasteiger partial charge in [0.2, 0.25) is 0 Å². The third-order valence-electron chi connectivity index (χ3n) is 2.55. The van der Waals surface area contributed by atoms with Gasteiger partial charge in [0.05, 0.1) is 12.2 Å². The fraction of sp³-hybridized carbons (Fsp3) is 0.700. The molecular formula is C10H16O3. The van der Waals surface area contributed by atoms with Crippen LogP contribution in [0.2, 0.25) is 0 Å². The van der Waals surface area contributed by atoms with Crippen LogP contribution in [0.3, 0.4) is 0 Å². The standard InChI is InChI=1S/C10H16O3/c1-6(11)3-4-8-7(2)9(12)5-10(8)13/h3-4,6-8,10-11,13H,5H2,1-2H3/b4-3+/t6-,7+,8+,10+/m0/s1. The van der Waals surface area contributed by atoms with Crippen molar-refractivity contribution < 1.29 is 15.0 Å². The third-order valence-corrected chi connectivity index (χ3v) is 2.55. The van der Waals surface area contributed by atoms with E-state index < -0.39 is 12.2 Å². The lowest BCUT2D eigenvalue weighted by Gasteiger charge is -2.12. The van der Waals surface area contributed by atoms with Gasteiger partial charge in [-0.15, -0.1) is 0 Å². The second kappa shape index (κ2) is 4.03. The van der Waals surface area contributed by atoms with E-state index in [1.807, 2.05) is 6.92 Å². The molecule has 0 bridgehead atoms. The van der Waals surface area contributed by atoms with E-state index in [9.17, 15) is 9.90 Å². The molecule has 74 valence electrons. The molecule has 0 aromatic rings. The molecule has 1 aliphatic rings. The molecule has 13 heavy (non-hydrogen) atoms. The van der Waals surface area contributed by atoms with Gasteiger partial charge in [0.25, 0.3) is 0 Å². The predicted octanol–water partition coefficient (Wildman–Crippen LogP) is 0.509. The summed E-state index contributed by atoms with van der Waals surface area (Å²) >= 11 is 0. The van der Waals surface area contributed by atoms with Crippen molar-refractivity contribution in [3.63, 3.8) is 0 Å². The molecule has 0 saturated heterocycles. The molecule has 0 aromatic heterocycles. The van der Waals surface area contributed by atoms with Gasteiger partial charge >= 0.3 is 0 Å². The minimum absolute atomic E-state index is 0.104. The third kappa shape index (κ3) is 2.39. The molecule has 0 spiro atoms. The lowest BCUT2D eigenvalue weighted by molar-refractivity contribution is -0.120. The van der Waals surface area contributed by atoms with Crippen molar-refractivity contribution in [2.75, 3.05) is 0 Å². The van der Waals surface area contributed by atoms with Crippen LogP contribution >= 0.6 is 0 Å². The number of Topliss-reactive ketones (excluding diaryl/α,β-unsaturated/α-hetero) is 1. The monoisotopic (exact) mass is 184 g/mol. The summed E-state index contributed by atoms with van der Waals surface area (Å²) < 4.78 is 0. The number of carbonyl (C=O) groups excluding carboxylic acids is 1. The van der Waals surface area contributed by atoms with Gasteiger partial charge in [0.1, 0.15) is 5.78 Å². The summed E-state index contributed by atoms with van der Waals surface area (Å²) in [5.74, 6) is -0.139. The minimum Gasteiger partial charge on any atom is -0.392 e. The van der Waals surface area contributed by atoms with Crippen LogP contribution in [0.5, 0.6) is 0 Å². The van der Waals surface area contributed by atoms with Crippen molar-refractivity contribution in [3.05, 3.63) is 12.2 Å². The quantitative estimate of drug-likeness (QED) is 0.615. The number of aliphatic hydroxyl groups excluding tert-OH is 2. The number of carbonyl (C=O) groups is 1. The Balaban J connectivity index is 2.63. The number of ketones is 1. The molecule has 0 unspecified atom stereocenters. The maximum atomic E-state index is 11.2. The SMILES string of the molecule is C[C@H](O)/C=C/[C@H]1[C@H](O)CC(=O)[C@@H]1C. The minimum atomic E-state index is -0.572. The average molecular weight is 184 g/mol. The van der Waals surface area contributed by atoms with Gasteiger partial charge in [0.15, 0.2) is 0 Å². The largest absolute Gasteiger partial charge is 0.392 e. The van der Waals surface area contributed by atoms with Crippen LogP contribution in [0, 0.1) is 11.8 Å². The smallest absolute Gasteiger partial charge is 0.138 e. The molecule has 1 aliphatic carbocycles. The summed E-state index contributed by atoms with van der Waals surface area (Å²) in [5, 5.41) is 18.5. The highest BCUT2D eigenvalue weighted by Crippen LogP contribution is 2.29. The van der Waals surface area contributed by atoms with Crippen molar-refractivity contribution >= 4 is 5.78 Å². The maximum Gasteiger partial charge on any atom is 0.138 e. The van der Waals surface area contributed by atoms with Gasteiger partial charge < -0.3 is 10.2 Å². The van der Waals surface area contributed by atoms with E-state index >= 15 is 0 Å². The van der Waals surface area contributed by atoms with Gasteiger partial charge in [-0.2, -0.15) is 0 Å². The highest BCUT2D eigenvalue weighted by Gasteiger charge is 2.36. The Kier molecular flexibility index (Phi) is 3.22. The van der Waals surface area contributed by atoms with E-state index in [0.717, 1.165) is 0 Å². The van der Waals surface area contributed by atoms with Crippen LogP contribution in [0.4, 0.5) is 0 Å². The van der Waals surface area contributed by atoms with Crippen LogP contribution in [0.25, 0.3) is 0 Å². The van der Waals surface area contributed by atoms with E-state index in [1.165, 1.54) is 0 Å². The fourth-order valence-electron chi connectivity index (χ4n) is 1.66. The first-order valence-electron chi connectivity index (χ1n) is 4.59. The highest BCUT2D eigenvalue weighted by molar-refractivity contribution is 5.84. The lowest BCUT2D eigenvalue weighted by Crippen LogP contribution is -2.16. The number of aliphatic hydroxyl groups is 2. The zero-order valence-electron chi connectivity index (χ0n) is 7.97. The molecule has 1 rings (SSSR count). The van der Waals surface area contributed by atoms with Crippen molar-refractivity contribution in [2.24, 2.45) is 11.8 Å². The van der Waals surface area contributed by atoms with Gasteiger partial charge in [-0.3, -0.25) is 4.79 Å². The summed E-state index contributed by atoms with van der Waals surface area (Å²) in [6.07, 6.45) is 2.51. The maximum absolute atomic E-state index is 11.2. The first-order chi connectivity index (χ1) is 6.02. The first-order valence-corrected chi connectivity index (χ1v) is 4.59. The number of rotatable bonds is 2. The van der Waals surface area contributed by atoms with E-state index in [4.69, 9.17) is 5.11 Å². The number of hydrogen-bond acceptors (Lipinski definition) is 3. The van der Waals surface area contributed by atoms with E-state index in [0.29, 0.717) is 0 Å². The molecule has 0 amide bonds. The second-order valence-corrected chi connectivity index (χ2v) is 3.73. The molecule has 1 saturated carbocycles. The van der Waals surface area contributed by atoms with Crippen LogP contribution in [0.1, 0.15) is 20.3 Å². The molecule has 3 heteroatoms. The Labute approximate surface area is 78.1 Å².